The molecule has 0 spiro atoms. The van der Waals surface area contributed by atoms with Crippen molar-refractivity contribution >= 4 is 17.3 Å². The van der Waals surface area contributed by atoms with Crippen LogP contribution in [-0.4, -0.2) is 19.0 Å². The van der Waals surface area contributed by atoms with Gasteiger partial charge >= 0.3 is 0 Å². The van der Waals surface area contributed by atoms with Gasteiger partial charge in [0.1, 0.15) is 0 Å². The molecule has 0 aliphatic heterocycles. The zero-order valence-electron chi connectivity index (χ0n) is 10.4. The normalized spacial score (nSPS) is 12.0. The lowest BCUT2D eigenvalue weighted by atomic mass is 10.2. The van der Waals surface area contributed by atoms with E-state index in [9.17, 15) is 4.79 Å². The number of carbonyl (C=O) groups is 1. The zero-order valence-corrected chi connectivity index (χ0v) is 10.4. The zero-order chi connectivity index (χ0) is 12.1. The molecule has 1 atom stereocenters. The second kappa shape index (κ2) is 5.54. The van der Waals surface area contributed by atoms with Crippen molar-refractivity contribution in [3.8, 4) is 0 Å². The number of hydrogen-bond donors (Lipinski definition) is 1. The summed E-state index contributed by atoms with van der Waals surface area (Å²) in [4.78, 5) is 13.1. The maximum atomic E-state index is 10.9. The summed E-state index contributed by atoms with van der Waals surface area (Å²) in [5.74, 6) is -0.0389. The van der Waals surface area contributed by atoms with Crippen LogP contribution in [0.15, 0.2) is 24.3 Å². The van der Waals surface area contributed by atoms with E-state index >= 15 is 0 Å². The highest BCUT2D eigenvalue weighted by Crippen LogP contribution is 2.19. The summed E-state index contributed by atoms with van der Waals surface area (Å²) in [6.45, 7) is 5.88. The van der Waals surface area contributed by atoms with Gasteiger partial charge < -0.3 is 10.2 Å². The van der Waals surface area contributed by atoms with Gasteiger partial charge in [0.25, 0.3) is 0 Å². The fraction of sp³-hybridized carbons (Fsp3) is 0.462. The number of hydrogen-bond acceptors (Lipinski definition) is 2. The number of nitrogens with zero attached hydrogens (tertiary/aromatic N) is 1. The van der Waals surface area contributed by atoms with Gasteiger partial charge in [0.05, 0.1) is 0 Å². The van der Waals surface area contributed by atoms with E-state index in [1.54, 1.807) is 0 Å². The third kappa shape index (κ3) is 3.26. The van der Waals surface area contributed by atoms with Gasteiger partial charge in [0, 0.05) is 31.4 Å². The maximum Gasteiger partial charge on any atom is 0.221 e. The van der Waals surface area contributed by atoms with E-state index in [-0.39, 0.29) is 5.91 Å². The van der Waals surface area contributed by atoms with Crippen molar-refractivity contribution in [1.29, 1.82) is 0 Å². The van der Waals surface area contributed by atoms with Crippen LogP contribution in [0.3, 0.4) is 0 Å². The van der Waals surface area contributed by atoms with Crippen LogP contribution in [0.25, 0.3) is 0 Å². The molecule has 1 aromatic rings. The van der Waals surface area contributed by atoms with Gasteiger partial charge in [0.15, 0.2) is 0 Å². The number of rotatable bonds is 4. The van der Waals surface area contributed by atoms with E-state index in [0.717, 1.165) is 12.1 Å². The molecule has 0 aliphatic rings. The van der Waals surface area contributed by atoms with Gasteiger partial charge in [-0.3, -0.25) is 4.79 Å². The first-order valence-electron chi connectivity index (χ1n) is 5.65. The Morgan fingerprint density at radius 2 is 1.94 bits per heavy atom. The third-order valence-electron chi connectivity index (χ3n) is 2.85. The van der Waals surface area contributed by atoms with Crippen LogP contribution in [0.2, 0.25) is 0 Å². The topological polar surface area (TPSA) is 32.3 Å². The lowest BCUT2D eigenvalue weighted by molar-refractivity contribution is -0.114. The average molecular weight is 220 g/mol. The van der Waals surface area contributed by atoms with Gasteiger partial charge in [-0.05, 0) is 37.6 Å². The van der Waals surface area contributed by atoms with E-state index in [0.29, 0.717) is 6.04 Å². The Balaban J connectivity index is 2.74. The van der Waals surface area contributed by atoms with E-state index in [1.165, 1.54) is 12.6 Å². The van der Waals surface area contributed by atoms with Gasteiger partial charge in [-0.15, -0.1) is 0 Å². The summed E-state index contributed by atoms with van der Waals surface area (Å²) >= 11 is 0. The minimum atomic E-state index is -0.0389. The standard InChI is InChI=1S/C13H20N2O/c1-5-10(2)15(4)13-8-6-12(7-9-13)14-11(3)16/h6-10H,5H2,1-4H3,(H,14,16)/t10-/m0/s1. The molecule has 0 heterocycles. The van der Waals surface area contributed by atoms with Gasteiger partial charge in [0.2, 0.25) is 5.91 Å². The monoisotopic (exact) mass is 220 g/mol. The van der Waals surface area contributed by atoms with Crippen molar-refractivity contribution in [2.75, 3.05) is 17.3 Å². The van der Waals surface area contributed by atoms with Crippen LogP contribution < -0.4 is 10.2 Å². The molecule has 0 fully saturated rings. The number of nitrogens with one attached hydrogen (secondary N) is 1. The minimum Gasteiger partial charge on any atom is -0.372 e. The second-order valence-corrected chi connectivity index (χ2v) is 4.10. The summed E-state index contributed by atoms with van der Waals surface area (Å²) < 4.78 is 0. The number of benzene rings is 1. The average Bonchev–Trinajstić information content (AvgIpc) is 2.27. The molecule has 88 valence electrons. The first-order chi connectivity index (χ1) is 7.54. The highest BCUT2D eigenvalue weighted by Gasteiger charge is 2.07. The molecular formula is C13H20N2O. The fourth-order valence-corrected chi connectivity index (χ4v) is 1.51. The fourth-order valence-electron chi connectivity index (χ4n) is 1.51. The lowest BCUT2D eigenvalue weighted by Crippen LogP contribution is -2.27. The van der Waals surface area contributed by atoms with Crippen LogP contribution in [0.4, 0.5) is 11.4 Å². The number of anilines is 2. The number of carbonyl (C=O) groups excluding carboxylic acids is 1. The van der Waals surface area contributed by atoms with Crippen molar-refractivity contribution in [1.82, 2.24) is 0 Å². The summed E-state index contributed by atoms with van der Waals surface area (Å²) in [5, 5.41) is 2.76. The van der Waals surface area contributed by atoms with Gasteiger partial charge in [-0.2, -0.15) is 0 Å². The summed E-state index contributed by atoms with van der Waals surface area (Å²) in [5.41, 5.74) is 2.01. The third-order valence-corrected chi connectivity index (χ3v) is 2.85. The van der Waals surface area contributed by atoms with Crippen LogP contribution >= 0.6 is 0 Å². The van der Waals surface area contributed by atoms with E-state index < -0.39 is 0 Å². The Kier molecular flexibility index (Phi) is 4.35. The van der Waals surface area contributed by atoms with Crippen LogP contribution in [0.5, 0.6) is 0 Å². The molecular weight excluding hydrogens is 200 g/mol. The molecule has 0 unspecified atom stereocenters. The predicted octanol–water partition coefficient (Wildman–Crippen LogP) is 2.88. The van der Waals surface area contributed by atoms with Crippen molar-refractivity contribution < 1.29 is 4.79 Å². The molecule has 3 nitrogen and oxygen atoms in total. The van der Waals surface area contributed by atoms with Crippen LogP contribution in [-0.2, 0) is 4.79 Å². The minimum absolute atomic E-state index is 0.0389. The highest BCUT2D eigenvalue weighted by atomic mass is 16.1. The van der Waals surface area contributed by atoms with E-state index in [4.69, 9.17) is 0 Å². The molecule has 1 N–H and O–H groups in total. The largest absolute Gasteiger partial charge is 0.372 e. The smallest absolute Gasteiger partial charge is 0.221 e. The highest BCUT2D eigenvalue weighted by molar-refractivity contribution is 5.88. The summed E-state index contributed by atoms with van der Waals surface area (Å²) in [6.07, 6.45) is 1.12. The van der Waals surface area contributed by atoms with Crippen molar-refractivity contribution in [2.45, 2.75) is 33.2 Å². The first-order valence-corrected chi connectivity index (χ1v) is 5.65. The quantitative estimate of drug-likeness (QED) is 0.846. The molecule has 1 rings (SSSR count). The molecule has 0 radical (unpaired) electrons. The van der Waals surface area contributed by atoms with Gasteiger partial charge in [-0.1, -0.05) is 6.92 Å². The number of amides is 1. The molecule has 1 aromatic carbocycles. The summed E-state index contributed by atoms with van der Waals surface area (Å²) in [6, 6.07) is 8.42. The SMILES string of the molecule is CC[C@H](C)N(C)c1ccc(NC(C)=O)cc1. The molecule has 1 amide bonds. The molecule has 0 saturated heterocycles. The molecule has 0 bridgehead atoms. The second-order valence-electron chi connectivity index (χ2n) is 4.10. The molecule has 0 saturated carbocycles. The molecule has 0 aromatic heterocycles. The Morgan fingerprint density at radius 1 is 1.38 bits per heavy atom. The molecule has 0 aliphatic carbocycles. The Morgan fingerprint density at radius 3 is 2.38 bits per heavy atom. The van der Waals surface area contributed by atoms with E-state index in [2.05, 4.69) is 31.1 Å². The molecule has 16 heavy (non-hydrogen) atoms. The molecule has 3 heteroatoms. The van der Waals surface area contributed by atoms with Crippen molar-refractivity contribution in [3.05, 3.63) is 24.3 Å². The Hall–Kier alpha value is -1.51. The predicted molar refractivity (Wildman–Crippen MR) is 68.9 cm³/mol. The summed E-state index contributed by atoms with van der Waals surface area (Å²) in [7, 11) is 2.08. The van der Waals surface area contributed by atoms with Crippen molar-refractivity contribution in [3.63, 3.8) is 0 Å². The first kappa shape index (κ1) is 12.6. The van der Waals surface area contributed by atoms with Gasteiger partial charge in [-0.25, -0.2) is 0 Å². The maximum absolute atomic E-state index is 10.9. The van der Waals surface area contributed by atoms with Crippen LogP contribution in [0.1, 0.15) is 27.2 Å². The Labute approximate surface area is 97.5 Å². The van der Waals surface area contributed by atoms with Crippen molar-refractivity contribution in [2.24, 2.45) is 0 Å². The van der Waals surface area contributed by atoms with E-state index in [1.807, 2.05) is 24.3 Å². The Bertz CT molecular complexity index is 345. The lowest BCUT2D eigenvalue weighted by Gasteiger charge is -2.26. The van der Waals surface area contributed by atoms with Crippen LogP contribution in [0, 0.1) is 0 Å².